The highest BCUT2D eigenvalue weighted by molar-refractivity contribution is 5.38. The molecule has 1 aliphatic rings. The van der Waals surface area contributed by atoms with Gasteiger partial charge in [-0.3, -0.25) is 0 Å². The molecule has 0 aliphatic carbocycles. The van der Waals surface area contributed by atoms with Crippen LogP contribution >= 0.6 is 0 Å². The molecule has 2 rings (SSSR count). The quantitative estimate of drug-likeness (QED) is 0.820. The van der Waals surface area contributed by atoms with Gasteiger partial charge in [-0.15, -0.1) is 0 Å². The first-order valence-electron chi connectivity index (χ1n) is 7.39. The van der Waals surface area contributed by atoms with Crippen LogP contribution in [0.2, 0.25) is 0 Å². The van der Waals surface area contributed by atoms with Crippen molar-refractivity contribution in [3.8, 4) is 5.75 Å². The molecule has 0 fully saturated rings. The van der Waals surface area contributed by atoms with Crippen LogP contribution in [-0.2, 0) is 4.74 Å². The molecule has 0 aromatic heterocycles. The van der Waals surface area contributed by atoms with Crippen LogP contribution in [0.4, 0.5) is 0 Å². The van der Waals surface area contributed by atoms with Crippen LogP contribution in [-0.4, -0.2) is 32.4 Å². The normalized spacial score (nSPS) is 19.6. The number of rotatable bonds is 7. The number of benzene rings is 1. The predicted molar refractivity (Wildman–Crippen MR) is 77.9 cm³/mol. The number of hydrogen-bond acceptors (Lipinski definition) is 3. The Morgan fingerprint density at radius 1 is 1.37 bits per heavy atom. The molecule has 1 aromatic rings. The number of nitrogens with one attached hydrogen (secondary N) is 1. The third kappa shape index (κ3) is 3.71. The lowest BCUT2D eigenvalue weighted by molar-refractivity contribution is 0.106. The van der Waals surface area contributed by atoms with Crippen molar-refractivity contribution in [2.75, 3.05) is 26.4 Å². The minimum absolute atomic E-state index is 0.380. The molecule has 3 heteroatoms. The number of para-hydroxylation sites is 1. The van der Waals surface area contributed by atoms with Crippen molar-refractivity contribution in [3.05, 3.63) is 29.8 Å². The van der Waals surface area contributed by atoms with Gasteiger partial charge in [-0.25, -0.2) is 0 Å². The van der Waals surface area contributed by atoms with Crippen LogP contribution in [0.15, 0.2) is 24.3 Å². The Hall–Kier alpha value is -1.06. The second-order valence-electron chi connectivity index (χ2n) is 5.00. The summed E-state index contributed by atoms with van der Waals surface area (Å²) in [5.41, 5.74) is 1.32. The Balaban J connectivity index is 2.12. The smallest absolute Gasteiger partial charge is 0.122 e. The Morgan fingerprint density at radius 2 is 2.21 bits per heavy atom. The van der Waals surface area contributed by atoms with Gasteiger partial charge in [0, 0.05) is 18.6 Å². The molecular weight excluding hydrogens is 238 g/mol. The average Bonchev–Trinajstić information content (AvgIpc) is 2.47. The zero-order chi connectivity index (χ0) is 13.5. The van der Waals surface area contributed by atoms with Gasteiger partial charge in [0.05, 0.1) is 13.2 Å². The lowest BCUT2D eigenvalue weighted by Gasteiger charge is -2.32. The lowest BCUT2D eigenvalue weighted by Crippen LogP contribution is -2.41. The lowest BCUT2D eigenvalue weighted by atomic mass is 9.87. The summed E-state index contributed by atoms with van der Waals surface area (Å²) in [6, 6.07) is 8.77. The van der Waals surface area contributed by atoms with E-state index in [1.807, 2.05) is 6.07 Å². The number of fused-ring (bicyclic) bond motifs is 1. The van der Waals surface area contributed by atoms with Crippen molar-refractivity contribution < 1.29 is 9.47 Å². The monoisotopic (exact) mass is 263 g/mol. The van der Waals surface area contributed by atoms with Gasteiger partial charge in [0.15, 0.2) is 0 Å². The molecule has 1 aromatic carbocycles. The molecular formula is C16H25NO2. The third-order valence-electron chi connectivity index (χ3n) is 3.65. The molecule has 0 saturated carbocycles. The van der Waals surface area contributed by atoms with Crippen LogP contribution in [0.5, 0.6) is 5.75 Å². The molecule has 0 amide bonds. The molecule has 0 saturated heterocycles. The molecule has 2 unspecified atom stereocenters. The minimum Gasteiger partial charge on any atom is -0.493 e. The highest BCUT2D eigenvalue weighted by atomic mass is 16.5. The summed E-state index contributed by atoms with van der Waals surface area (Å²) in [5, 5.41) is 3.63. The summed E-state index contributed by atoms with van der Waals surface area (Å²) in [6.07, 6.45) is 2.21. The largest absolute Gasteiger partial charge is 0.493 e. The first-order valence-corrected chi connectivity index (χ1v) is 7.39. The predicted octanol–water partition coefficient (Wildman–Crippen LogP) is 2.96. The van der Waals surface area contributed by atoms with Crippen molar-refractivity contribution in [1.82, 2.24) is 5.32 Å². The second-order valence-corrected chi connectivity index (χ2v) is 5.00. The fourth-order valence-electron chi connectivity index (χ4n) is 2.68. The standard InChI is InChI=1S/C16H25NO2/c1-3-10-17-15(12-18-4-2)13-9-11-19-16-8-6-5-7-14(13)16/h5-8,13,15,17H,3-4,9-12H2,1-2H3. The van der Waals surface area contributed by atoms with Crippen molar-refractivity contribution in [1.29, 1.82) is 0 Å². The van der Waals surface area contributed by atoms with Crippen LogP contribution in [0, 0.1) is 0 Å². The molecule has 0 bridgehead atoms. The fraction of sp³-hybridized carbons (Fsp3) is 0.625. The van der Waals surface area contributed by atoms with E-state index in [0.717, 1.165) is 45.0 Å². The van der Waals surface area contributed by atoms with E-state index in [4.69, 9.17) is 9.47 Å². The summed E-state index contributed by atoms with van der Waals surface area (Å²) in [6.45, 7) is 7.64. The number of ether oxygens (including phenoxy) is 2. The van der Waals surface area contributed by atoms with Gasteiger partial charge in [0.1, 0.15) is 5.75 Å². The van der Waals surface area contributed by atoms with E-state index < -0.39 is 0 Å². The highest BCUT2D eigenvalue weighted by Crippen LogP contribution is 2.35. The van der Waals surface area contributed by atoms with E-state index in [2.05, 4.69) is 37.4 Å². The SMILES string of the molecule is CCCNC(COCC)C1CCOc2ccccc21. The molecule has 3 nitrogen and oxygen atoms in total. The Morgan fingerprint density at radius 3 is 3.00 bits per heavy atom. The van der Waals surface area contributed by atoms with E-state index in [0.29, 0.717) is 12.0 Å². The zero-order valence-electron chi connectivity index (χ0n) is 12.0. The Bertz CT molecular complexity index is 373. The van der Waals surface area contributed by atoms with E-state index in [9.17, 15) is 0 Å². The Labute approximate surface area is 116 Å². The first-order chi connectivity index (χ1) is 9.36. The van der Waals surface area contributed by atoms with E-state index >= 15 is 0 Å². The summed E-state index contributed by atoms with van der Waals surface area (Å²) in [4.78, 5) is 0. The van der Waals surface area contributed by atoms with Gasteiger partial charge in [0.2, 0.25) is 0 Å². The van der Waals surface area contributed by atoms with Gasteiger partial charge in [-0.1, -0.05) is 25.1 Å². The van der Waals surface area contributed by atoms with Crippen LogP contribution in [0.25, 0.3) is 0 Å². The topological polar surface area (TPSA) is 30.5 Å². The van der Waals surface area contributed by atoms with E-state index in [1.54, 1.807) is 0 Å². The maximum atomic E-state index is 5.74. The summed E-state index contributed by atoms with van der Waals surface area (Å²) in [5.74, 6) is 1.53. The van der Waals surface area contributed by atoms with Gasteiger partial charge in [0.25, 0.3) is 0 Å². The average molecular weight is 263 g/mol. The minimum atomic E-state index is 0.380. The second kappa shape index (κ2) is 7.51. The van der Waals surface area contributed by atoms with E-state index in [-0.39, 0.29) is 0 Å². The summed E-state index contributed by atoms with van der Waals surface area (Å²) in [7, 11) is 0. The Kier molecular flexibility index (Phi) is 5.67. The van der Waals surface area contributed by atoms with Gasteiger partial charge < -0.3 is 14.8 Å². The van der Waals surface area contributed by atoms with Crippen molar-refractivity contribution in [2.24, 2.45) is 0 Å². The molecule has 2 atom stereocenters. The molecule has 1 heterocycles. The fourth-order valence-corrected chi connectivity index (χ4v) is 2.68. The molecule has 106 valence electrons. The first kappa shape index (κ1) is 14.4. The van der Waals surface area contributed by atoms with Crippen LogP contribution in [0.3, 0.4) is 0 Å². The van der Waals surface area contributed by atoms with E-state index in [1.165, 1.54) is 5.56 Å². The summed E-state index contributed by atoms with van der Waals surface area (Å²) >= 11 is 0. The van der Waals surface area contributed by atoms with Crippen LogP contribution in [0.1, 0.15) is 38.2 Å². The third-order valence-corrected chi connectivity index (χ3v) is 3.65. The molecule has 1 aliphatic heterocycles. The molecule has 19 heavy (non-hydrogen) atoms. The highest BCUT2D eigenvalue weighted by Gasteiger charge is 2.28. The van der Waals surface area contributed by atoms with Crippen molar-refractivity contribution in [3.63, 3.8) is 0 Å². The van der Waals surface area contributed by atoms with Gasteiger partial charge >= 0.3 is 0 Å². The van der Waals surface area contributed by atoms with Crippen molar-refractivity contribution >= 4 is 0 Å². The van der Waals surface area contributed by atoms with Gasteiger partial charge in [-0.05, 0) is 37.9 Å². The molecule has 1 N–H and O–H groups in total. The van der Waals surface area contributed by atoms with Gasteiger partial charge in [-0.2, -0.15) is 0 Å². The van der Waals surface area contributed by atoms with Crippen molar-refractivity contribution in [2.45, 2.75) is 38.6 Å². The maximum absolute atomic E-state index is 5.74. The zero-order valence-corrected chi connectivity index (χ0v) is 12.0. The maximum Gasteiger partial charge on any atom is 0.122 e. The molecule has 0 spiro atoms. The summed E-state index contributed by atoms with van der Waals surface area (Å²) < 4.78 is 11.4. The molecule has 0 radical (unpaired) electrons. The van der Waals surface area contributed by atoms with Crippen LogP contribution < -0.4 is 10.1 Å². The number of hydrogen-bond donors (Lipinski definition) is 1.